The Bertz CT molecular complexity index is 1110. The maximum absolute atomic E-state index is 13.7. The van der Waals surface area contributed by atoms with E-state index in [4.69, 9.17) is 0 Å². The molecule has 2 heterocycles. The first-order valence-corrected chi connectivity index (χ1v) is 8.54. The molecule has 0 aliphatic carbocycles. The molecule has 0 saturated carbocycles. The van der Waals surface area contributed by atoms with Gasteiger partial charge in [0.1, 0.15) is 22.9 Å². The fraction of sp³-hybridized carbons (Fsp3) is 0.222. The average molecular weight is 407 g/mol. The van der Waals surface area contributed by atoms with Gasteiger partial charge >= 0.3 is 6.18 Å². The second-order valence-electron chi connectivity index (χ2n) is 6.46. The number of para-hydroxylation sites is 1. The minimum Gasteiger partial charge on any atom is -0.340 e. The molecule has 1 aliphatic heterocycles. The molecule has 1 unspecified atom stereocenters. The minimum absolute atomic E-state index is 0.000600. The number of anilines is 1. The van der Waals surface area contributed by atoms with Gasteiger partial charge in [0.05, 0.1) is 16.8 Å². The first-order valence-electron chi connectivity index (χ1n) is 8.54. The van der Waals surface area contributed by atoms with Crippen molar-refractivity contribution in [3.63, 3.8) is 0 Å². The molecule has 3 aromatic rings. The number of hydrogen-bond acceptors (Lipinski definition) is 4. The van der Waals surface area contributed by atoms with Crippen molar-refractivity contribution in [1.82, 2.24) is 20.7 Å². The molecule has 0 spiro atoms. The first kappa shape index (κ1) is 18.8. The van der Waals surface area contributed by atoms with Crippen LogP contribution < -0.4 is 10.2 Å². The Morgan fingerprint density at radius 1 is 1.21 bits per heavy atom. The molecule has 2 amide bonds. The van der Waals surface area contributed by atoms with Crippen LogP contribution in [0.5, 0.6) is 0 Å². The Balaban J connectivity index is 1.58. The van der Waals surface area contributed by atoms with Crippen LogP contribution in [0.1, 0.15) is 22.3 Å². The van der Waals surface area contributed by atoms with E-state index in [1.807, 2.05) is 0 Å². The van der Waals surface area contributed by atoms with Gasteiger partial charge in [-0.15, -0.1) is 0 Å². The molecule has 4 rings (SSSR count). The van der Waals surface area contributed by atoms with E-state index in [1.54, 1.807) is 0 Å². The molecule has 1 fully saturated rings. The number of benzene rings is 2. The quantitative estimate of drug-likeness (QED) is 0.653. The van der Waals surface area contributed by atoms with Gasteiger partial charge in [0, 0.05) is 12.6 Å². The highest BCUT2D eigenvalue weighted by Crippen LogP contribution is 2.37. The molecule has 150 valence electrons. The lowest BCUT2D eigenvalue weighted by Crippen LogP contribution is -2.42. The maximum atomic E-state index is 13.7. The second-order valence-corrected chi connectivity index (χ2v) is 6.46. The van der Waals surface area contributed by atoms with Crippen molar-refractivity contribution in [3.05, 3.63) is 53.3 Å². The van der Waals surface area contributed by atoms with Gasteiger partial charge in [-0.2, -0.15) is 28.6 Å². The third-order valence-corrected chi connectivity index (χ3v) is 4.64. The van der Waals surface area contributed by atoms with Crippen LogP contribution >= 0.6 is 0 Å². The summed E-state index contributed by atoms with van der Waals surface area (Å²) in [5.74, 6) is -2.16. The normalized spacial score (nSPS) is 17.2. The molecule has 29 heavy (non-hydrogen) atoms. The number of carbonyl (C=O) groups excluding carboxylic acids is 2. The number of carbonyl (C=O) groups is 2. The van der Waals surface area contributed by atoms with Crippen LogP contribution in [0.3, 0.4) is 0 Å². The van der Waals surface area contributed by atoms with Gasteiger partial charge in [0.2, 0.25) is 5.91 Å². The van der Waals surface area contributed by atoms with Crippen molar-refractivity contribution in [1.29, 1.82) is 0 Å². The number of rotatable bonds is 3. The minimum atomic E-state index is -4.63. The highest BCUT2D eigenvalue weighted by molar-refractivity contribution is 6.08. The van der Waals surface area contributed by atoms with Crippen LogP contribution in [-0.4, -0.2) is 39.8 Å². The van der Waals surface area contributed by atoms with E-state index in [1.165, 1.54) is 18.2 Å². The highest BCUT2D eigenvalue weighted by Gasteiger charge is 2.40. The monoisotopic (exact) mass is 407 g/mol. The zero-order valence-electron chi connectivity index (χ0n) is 14.6. The zero-order valence-corrected chi connectivity index (χ0v) is 14.6. The smallest absolute Gasteiger partial charge is 0.340 e. The highest BCUT2D eigenvalue weighted by atomic mass is 19.4. The Morgan fingerprint density at radius 3 is 2.72 bits per heavy atom. The summed E-state index contributed by atoms with van der Waals surface area (Å²) in [5, 5.41) is 12.2. The van der Waals surface area contributed by atoms with Crippen LogP contribution in [0, 0.1) is 5.82 Å². The number of aromatic nitrogens is 3. The number of aromatic amines is 1. The van der Waals surface area contributed by atoms with Crippen molar-refractivity contribution in [2.45, 2.75) is 18.6 Å². The zero-order chi connectivity index (χ0) is 20.8. The van der Waals surface area contributed by atoms with Gasteiger partial charge in [-0.25, -0.2) is 4.39 Å². The Morgan fingerprint density at radius 2 is 1.97 bits per heavy atom. The molecule has 11 heteroatoms. The molecular weight excluding hydrogens is 394 g/mol. The second kappa shape index (κ2) is 6.83. The Hall–Kier alpha value is -3.50. The predicted molar refractivity (Wildman–Crippen MR) is 93.5 cm³/mol. The van der Waals surface area contributed by atoms with Gasteiger partial charge < -0.3 is 10.2 Å². The predicted octanol–water partition coefficient (Wildman–Crippen LogP) is 2.65. The SMILES string of the molecule is O=C(NC1CCN(c2ccccc2C(F)(F)F)C1=O)c1cc(F)cc2n[nH]nc12. The third kappa shape index (κ3) is 3.39. The van der Waals surface area contributed by atoms with Crippen LogP contribution in [-0.2, 0) is 11.0 Å². The van der Waals surface area contributed by atoms with Crippen LogP contribution in [0.25, 0.3) is 11.0 Å². The fourth-order valence-electron chi connectivity index (χ4n) is 3.33. The van der Waals surface area contributed by atoms with E-state index in [9.17, 15) is 27.2 Å². The number of amides is 2. The number of alkyl halides is 3. The summed E-state index contributed by atoms with van der Waals surface area (Å²) in [6, 6.07) is 5.73. The van der Waals surface area contributed by atoms with Crippen LogP contribution in [0.15, 0.2) is 36.4 Å². The lowest BCUT2D eigenvalue weighted by atomic mass is 10.1. The topological polar surface area (TPSA) is 91.0 Å². The summed E-state index contributed by atoms with van der Waals surface area (Å²) in [6.45, 7) is -0.000600. The maximum Gasteiger partial charge on any atom is 0.418 e. The molecule has 1 saturated heterocycles. The summed E-state index contributed by atoms with van der Waals surface area (Å²) in [4.78, 5) is 26.2. The molecule has 1 atom stereocenters. The summed E-state index contributed by atoms with van der Waals surface area (Å²) < 4.78 is 53.5. The first-order chi connectivity index (χ1) is 13.8. The number of nitrogens with one attached hydrogen (secondary N) is 2. The number of nitrogens with zero attached hydrogens (tertiary/aromatic N) is 3. The van der Waals surface area contributed by atoms with Crippen molar-refractivity contribution >= 4 is 28.5 Å². The van der Waals surface area contributed by atoms with Gasteiger partial charge in [-0.05, 0) is 24.6 Å². The molecule has 0 bridgehead atoms. The number of halogens is 4. The van der Waals surface area contributed by atoms with Crippen molar-refractivity contribution in [3.8, 4) is 0 Å². The van der Waals surface area contributed by atoms with Gasteiger partial charge in [0.15, 0.2) is 0 Å². The number of hydrogen-bond donors (Lipinski definition) is 2. The summed E-state index contributed by atoms with van der Waals surface area (Å²) >= 11 is 0. The van der Waals surface area contributed by atoms with E-state index in [0.29, 0.717) is 0 Å². The Kier molecular flexibility index (Phi) is 4.44. The van der Waals surface area contributed by atoms with Crippen molar-refractivity contribution in [2.24, 2.45) is 0 Å². The van der Waals surface area contributed by atoms with Crippen molar-refractivity contribution in [2.75, 3.05) is 11.4 Å². The van der Waals surface area contributed by atoms with E-state index < -0.39 is 35.4 Å². The molecule has 1 aliphatic rings. The van der Waals surface area contributed by atoms with E-state index in [-0.39, 0.29) is 35.2 Å². The van der Waals surface area contributed by atoms with Crippen LogP contribution in [0.4, 0.5) is 23.2 Å². The fourth-order valence-corrected chi connectivity index (χ4v) is 3.33. The molecule has 2 aromatic carbocycles. The summed E-state index contributed by atoms with van der Waals surface area (Å²) in [7, 11) is 0. The molecular formula is C18H13F4N5O2. The average Bonchev–Trinajstić information content (AvgIpc) is 3.27. The number of fused-ring (bicyclic) bond motifs is 1. The number of H-pyrrole nitrogens is 1. The third-order valence-electron chi connectivity index (χ3n) is 4.64. The van der Waals surface area contributed by atoms with Gasteiger partial charge in [-0.1, -0.05) is 12.1 Å². The lowest BCUT2D eigenvalue weighted by Gasteiger charge is -2.21. The van der Waals surface area contributed by atoms with E-state index >= 15 is 0 Å². The standard InChI is InChI=1S/C18H13F4N5O2/c19-9-7-10(15-13(8-9)24-26-25-15)16(28)23-12-5-6-27(17(12)29)14-4-2-1-3-11(14)18(20,21)22/h1-4,7-8,12H,5-6H2,(H,23,28)(H,24,25,26). The van der Waals surface area contributed by atoms with Crippen LogP contribution in [0.2, 0.25) is 0 Å². The molecule has 1 aromatic heterocycles. The molecule has 0 radical (unpaired) electrons. The largest absolute Gasteiger partial charge is 0.418 e. The van der Waals surface area contributed by atoms with Gasteiger partial charge in [0.25, 0.3) is 5.91 Å². The van der Waals surface area contributed by atoms with Gasteiger partial charge in [-0.3, -0.25) is 9.59 Å². The summed E-state index contributed by atoms with van der Waals surface area (Å²) in [6.07, 6.45) is -4.52. The van der Waals surface area contributed by atoms with E-state index in [0.717, 1.165) is 23.1 Å². The van der Waals surface area contributed by atoms with E-state index in [2.05, 4.69) is 20.7 Å². The van der Waals surface area contributed by atoms with Crippen molar-refractivity contribution < 1.29 is 27.2 Å². The summed E-state index contributed by atoms with van der Waals surface area (Å²) in [5.41, 5.74) is -1.08. The molecule has 2 N–H and O–H groups in total. The molecule has 7 nitrogen and oxygen atoms in total. The lowest BCUT2D eigenvalue weighted by molar-refractivity contribution is -0.137. The Labute approximate surface area is 160 Å².